The highest BCUT2D eigenvalue weighted by atomic mass is 32.1. The van der Waals surface area contributed by atoms with E-state index >= 15 is 0 Å². The van der Waals surface area contributed by atoms with Crippen LogP contribution < -0.4 is 10.5 Å². The molecule has 3 nitrogen and oxygen atoms in total. The Bertz CT molecular complexity index is 385. The quantitative estimate of drug-likeness (QED) is 0.601. The van der Waals surface area contributed by atoms with Crippen molar-refractivity contribution < 1.29 is 13.9 Å². The topological polar surface area (TPSA) is 44.5 Å². The van der Waals surface area contributed by atoms with E-state index in [4.69, 9.17) is 27.4 Å². The second-order valence-electron chi connectivity index (χ2n) is 3.47. The smallest absolute Gasteiger partial charge is 0.129 e. The molecule has 0 aliphatic rings. The van der Waals surface area contributed by atoms with Gasteiger partial charge in [-0.1, -0.05) is 19.1 Å². The normalized spacial score (nSPS) is 10.2. The minimum absolute atomic E-state index is 0.119. The van der Waals surface area contributed by atoms with E-state index in [1.54, 1.807) is 0 Å². The van der Waals surface area contributed by atoms with E-state index in [9.17, 15) is 4.39 Å². The molecule has 0 radical (unpaired) electrons. The lowest BCUT2D eigenvalue weighted by atomic mass is 10.2. The molecule has 0 aliphatic heterocycles. The highest BCUT2D eigenvalue weighted by molar-refractivity contribution is 7.80. The van der Waals surface area contributed by atoms with Crippen LogP contribution in [0.2, 0.25) is 0 Å². The van der Waals surface area contributed by atoms with Crippen LogP contribution in [-0.4, -0.2) is 24.8 Å². The van der Waals surface area contributed by atoms with Gasteiger partial charge in [0.2, 0.25) is 0 Å². The average Bonchev–Trinajstić information content (AvgIpc) is 2.30. The Morgan fingerprint density at radius 2 is 2.12 bits per heavy atom. The number of halogens is 1. The molecule has 0 saturated heterocycles. The molecule has 0 spiro atoms. The van der Waals surface area contributed by atoms with Gasteiger partial charge in [-0.2, -0.15) is 0 Å². The van der Waals surface area contributed by atoms with Crippen molar-refractivity contribution in [3.8, 4) is 5.75 Å². The number of nitrogens with two attached hydrogens (primary N) is 1. The lowest BCUT2D eigenvalue weighted by Gasteiger charge is -2.10. The van der Waals surface area contributed by atoms with Gasteiger partial charge in [-0.25, -0.2) is 4.39 Å². The molecule has 2 N–H and O–H groups in total. The maximum absolute atomic E-state index is 13.0. The van der Waals surface area contributed by atoms with Gasteiger partial charge < -0.3 is 15.2 Å². The summed E-state index contributed by atoms with van der Waals surface area (Å²) in [5.74, 6) is 0.0985. The molecule has 0 unspecified atom stereocenters. The van der Waals surface area contributed by atoms with Crippen molar-refractivity contribution in [3.63, 3.8) is 0 Å². The van der Waals surface area contributed by atoms with Crippen LogP contribution in [0.15, 0.2) is 18.2 Å². The number of ether oxygens (including phenoxy) is 2. The summed E-state index contributed by atoms with van der Waals surface area (Å²) in [6.07, 6.45) is 0.967. The molecule has 0 aliphatic carbocycles. The fourth-order valence-electron chi connectivity index (χ4n) is 1.28. The molecule has 1 aromatic carbocycles. The summed E-state index contributed by atoms with van der Waals surface area (Å²) in [7, 11) is 0. The SMILES string of the molecule is CCCOCCOc1ccc(F)cc1C(N)=S. The summed E-state index contributed by atoms with van der Waals surface area (Å²) < 4.78 is 23.7. The van der Waals surface area contributed by atoms with Gasteiger partial charge in [0.05, 0.1) is 12.2 Å². The minimum atomic E-state index is -0.387. The van der Waals surface area contributed by atoms with Crippen LogP contribution in [0.1, 0.15) is 18.9 Å². The fourth-order valence-corrected chi connectivity index (χ4v) is 1.44. The number of thiocarbonyl (C=S) groups is 1. The van der Waals surface area contributed by atoms with Crippen LogP contribution in [-0.2, 0) is 4.74 Å². The Labute approximate surface area is 106 Å². The molecule has 0 saturated carbocycles. The van der Waals surface area contributed by atoms with Gasteiger partial charge in [-0.3, -0.25) is 0 Å². The van der Waals surface area contributed by atoms with Gasteiger partial charge in [0.15, 0.2) is 0 Å². The summed E-state index contributed by atoms with van der Waals surface area (Å²) in [6.45, 7) is 3.62. The summed E-state index contributed by atoms with van der Waals surface area (Å²) in [6, 6.07) is 4.10. The van der Waals surface area contributed by atoms with Crippen LogP contribution in [0.25, 0.3) is 0 Å². The van der Waals surface area contributed by atoms with Crippen molar-refractivity contribution in [2.75, 3.05) is 19.8 Å². The molecule has 5 heteroatoms. The first-order chi connectivity index (χ1) is 8.15. The van der Waals surface area contributed by atoms with Gasteiger partial charge in [0.1, 0.15) is 23.2 Å². The maximum atomic E-state index is 13.0. The molecule has 17 heavy (non-hydrogen) atoms. The molecule has 0 amide bonds. The highest BCUT2D eigenvalue weighted by Crippen LogP contribution is 2.19. The number of hydrogen-bond acceptors (Lipinski definition) is 3. The standard InChI is InChI=1S/C12H16FNO2S/c1-2-5-15-6-7-16-11-4-3-9(13)8-10(11)12(14)17/h3-4,8H,2,5-7H2,1H3,(H2,14,17). The molecule has 0 fully saturated rings. The first kappa shape index (κ1) is 13.9. The number of benzene rings is 1. The van der Waals surface area contributed by atoms with Gasteiger partial charge in [0.25, 0.3) is 0 Å². The first-order valence-corrected chi connectivity index (χ1v) is 5.86. The predicted molar refractivity (Wildman–Crippen MR) is 68.9 cm³/mol. The van der Waals surface area contributed by atoms with Crippen molar-refractivity contribution in [2.45, 2.75) is 13.3 Å². The summed E-state index contributed by atoms with van der Waals surface area (Å²) in [5.41, 5.74) is 5.90. The van der Waals surface area contributed by atoms with Crippen molar-refractivity contribution >= 4 is 17.2 Å². The van der Waals surface area contributed by atoms with Crippen molar-refractivity contribution in [1.82, 2.24) is 0 Å². The van der Waals surface area contributed by atoms with E-state index in [0.717, 1.165) is 6.42 Å². The highest BCUT2D eigenvalue weighted by Gasteiger charge is 2.07. The van der Waals surface area contributed by atoms with Crippen molar-refractivity contribution in [3.05, 3.63) is 29.6 Å². The Morgan fingerprint density at radius 1 is 1.35 bits per heavy atom. The Hall–Kier alpha value is -1.20. The predicted octanol–water partition coefficient (Wildman–Crippen LogP) is 2.27. The van der Waals surface area contributed by atoms with Crippen molar-refractivity contribution in [2.24, 2.45) is 5.73 Å². The summed E-state index contributed by atoms with van der Waals surface area (Å²) in [5, 5.41) is 0. The molecular weight excluding hydrogens is 241 g/mol. The first-order valence-electron chi connectivity index (χ1n) is 5.45. The molecular formula is C12H16FNO2S. The molecule has 0 atom stereocenters. The Balaban J connectivity index is 2.55. The fraction of sp³-hybridized carbons (Fsp3) is 0.417. The molecule has 0 bridgehead atoms. The largest absolute Gasteiger partial charge is 0.490 e. The average molecular weight is 257 g/mol. The number of hydrogen-bond donors (Lipinski definition) is 1. The van der Waals surface area contributed by atoms with E-state index in [-0.39, 0.29) is 10.8 Å². The summed E-state index contributed by atoms with van der Waals surface area (Å²) in [4.78, 5) is 0.119. The van der Waals surface area contributed by atoms with Gasteiger partial charge in [0, 0.05) is 6.61 Å². The summed E-state index contributed by atoms with van der Waals surface area (Å²) >= 11 is 4.83. The Kier molecular flexibility index (Phi) is 5.86. The van der Waals surface area contributed by atoms with Crippen molar-refractivity contribution in [1.29, 1.82) is 0 Å². The van der Waals surface area contributed by atoms with E-state index in [2.05, 4.69) is 0 Å². The van der Waals surface area contributed by atoms with Crippen LogP contribution in [0.4, 0.5) is 4.39 Å². The second kappa shape index (κ2) is 7.19. The van der Waals surface area contributed by atoms with Crippen LogP contribution in [0.5, 0.6) is 5.75 Å². The molecule has 0 heterocycles. The monoisotopic (exact) mass is 257 g/mol. The van der Waals surface area contributed by atoms with Gasteiger partial charge in [-0.05, 0) is 24.6 Å². The molecule has 94 valence electrons. The Morgan fingerprint density at radius 3 is 2.76 bits per heavy atom. The molecule has 0 aromatic heterocycles. The lowest BCUT2D eigenvalue weighted by molar-refractivity contribution is 0.101. The van der Waals surface area contributed by atoms with Crippen LogP contribution in [0, 0.1) is 5.82 Å². The van der Waals surface area contributed by atoms with E-state index < -0.39 is 0 Å². The van der Waals surface area contributed by atoms with Gasteiger partial charge in [-0.15, -0.1) is 0 Å². The third-order valence-electron chi connectivity index (χ3n) is 2.04. The third-order valence-corrected chi connectivity index (χ3v) is 2.26. The van der Waals surface area contributed by atoms with E-state index in [1.807, 2.05) is 6.92 Å². The van der Waals surface area contributed by atoms with Gasteiger partial charge >= 0.3 is 0 Å². The second-order valence-corrected chi connectivity index (χ2v) is 3.91. The molecule has 1 rings (SSSR count). The zero-order valence-electron chi connectivity index (χ0n) is 9.74. The van der Waals surface area contributed by atoms with E-state index in [1.165, 1.54) is 18.2 Å². The van der Waals surface area contributed by atoms with Crippen LogP contribution in [0.3, 0.4) is 0 Å². The van der Waals surface area contributed by atoms with E-state index in [0.29, 0.717) is 31.1 Å². The third kappa shape index (κ3) is 4.66. The zero-order valence-corrected chi connectivity index (χ0v) is 10.6. The minimum Gasteiger partial charge on any atom is -0.490 e. The maximum Gasteiger partial charge on any atom is 0.129 e. The lowest BCUT2D eigenvalue weighted by Crippen LogP contribution is -2.14. The zero-order chi connectivity index (χ0) is 12.7. The number of rotatable bonds is 7. The molecule has 1 aromatic rings. The van der Waals surface area contributed by atoms with Crippen LogP contribution >= 0.6 is 12.2 Å².